The standard InChI is InChI=1S/C16H16BrIN6O/c1-25-11-4-10(6-18-7-11)20-16-19-8-12(17)15(22-16)21-14-5-13(23-24-14)9-2-3-9/h4-9H,2-3H2,1H3,(H3,19,20,21,22,23,24). The second-order valence-corrected chi connectivity index (χ2v) is 8.49. The first-order chi connectivity index (χ1) is 12.2. The Morgan fingerprint density at radius 1 is 1.36 bits per heavy atom. The van der Waals surface area contributed by atoms with Crippen molar-refractivity contribution in [1.82, 2.24) is 20.2 Å². The summed E-state index contributed by atoms with van der Waals surface area (Å²) in [5.41, 5.74) is 2.13. The number of anilines is 3. The molecule has 0 aromatic carbocycles. The third-order valence-corrected chi connectivity index (χ3v) is 6.33. The Morgan fingerprint density at radius 2 is 2.24 bits per heavy atom. The molecule has 0 amide bonds. The molecule has 1 aliphatic heterocycles. The van der Waals surface area contributed by atoms with Gasteiger partial charge in [0.05, 0.1) is 17.3 Å². The average molecular weight is 515 g/mol. The van der Waals surface area contributed by atoms with Crippen molar-refractivity contribution in [2.75, 3.05) is 17.7 Å². The lowest BCUT2D eigenvalue weighted by molar-refractivity contribution is 0.318. The molecule has 1 saturated carbocycles. The van der Waals surface area contributed by atoms with Crippen LogP contribution in [0.1, 0.15) is 24.5 Å². The molecule has 0 saturated heterocycles. The highest BCUT2D eigenvalue weighted by Gasteiger charge is 2.25. The fourth-order valence-electron chi connectivity index (χ4n) is 2.31. The number of nitrogens with one attached hydrogen (secondary N) is 3. The molecule has 2 aromatic rings. The van der Waals surface area contributed by atoms with Crippen LogP contribution in [0.25, 0.3) is 0 Å². The van der Waals surface area contributed by atoms with E-state index in [0.29, 0.717) is 17.7 Å². The molecule has 0 atom stereocenters. The highest BCUT2D eigenvalue weighted by atomic mass is 127. The van der Waals surface area contributed by atoms with E-state index >= 15 is 0 Å². The Balaban J connectivity index is 1.51. The van der Waals surface area contributed by atoms with Gasteiger partial charge in [0.15, 0.2) is 11.6 Å². The van der Waals surface area contributed by atoms with Gasteiger partial charge in [0, 0.05) is 34.0 Å². The number of allylic oxidation sites excluding steroid dienone is 2. The second kappa shape index (κ2) is 7.24. The number of nitrogens with zero attached hydrogens (tertiary/aromatic N) is 3. The Morgan fingerprint density at radius 3 is 3.04 bits per heavy atom. The average Bonchev–Trinajstić information content (AvgIpc) is 3.38. The van der Waals surface area contributed by atoms with Crippen molar-refractivity contribution in [3.05, 3.63) is 44.0 Å². The van der Waals surface area contributed by atoms with Gasteiger partial charge in [-0.2, -0.15) is 10.1 Å². The zero-order valence-corrected chi connectivity index (χ0v) is 17.1. The zero-order chi connectivity index (χ0) is 17.2. The summed E-state index contributed by atoms with van der Waals surface area (Å²) in [5, 5.41) is 13.9. The summed E-state index contributed by atoms with van der Waals surface area (Å²) in [6.07, 6.45) is 6.13. The predicted molar refractivity (Wildman–Crippen MR) is 110 cm³/mol. The number of halogens is 2. The van der Waals surface area contributed by atoms with Gasteiger partial charge in [0.2, 0.25) is 5.95 Å². The molecule has 0 spiro atoms. The molecule has 130 valence electrons. The van der Waals surface area contributed by atoms with E-state index < -0.39 is 0 Å². The summed E-state index contributed by atoms with van der Waals surface area (Å²) >= 11 is 3.32. The van der Waals surface area contributed by atoms with Crippen LogP contribution in [0.5, 0.6) is 0 Å². The molecule has 4 rings (SSSR count). The Hall–Kier alpha value is -1.75. The normalized spacial score (nSPS) is 16.6. The lowest BCUT2D eigenvalue weighted by atomic mass is 10.3. The van der Waals surface area contributed by atoms with Gasteiger partial charge in [-0.3, -0.25) is 5.10 Å². The van der Waals surface area contributed by atoms with Crippen molar-refractivity contribution in [1.29, 1.82) is 0 Å². The van der Waals surface area contributed by atoms with Crippen molar-refractivity contribution in [2.24, 2.45) is 0 Å². The highest BCUT2D eigenvalue weighted by Crippen LogP contribution is 2.39. The number of hydrogen-bond donors (Lipinski definition) is 3. The van der Waals surface area contributed by atoms with Crippen LogP contribution in [0.3, 0.4) is 0 Å². The van der Waals surface area contributed by atoms with E-state index in [1.54, 1.807) is 13.3 Å². The topological polar surface area (TPSA) is 87.8 Å². The number of methoxy groups -OCH3 is 1. The second-order valence-electron chi connectivity index (χ2n) is 5.67. The lowest BCUT2D eigenvalue weighted by Gasteiger charge is -2.11. The number of ether oxygens (including phenoxy) is 1. The van der Waals surface area contributed by atoms with E-state index in [4.69, 9.17) is 4.74 Å². The minimum atomic E-state index is -0.160. The third kappa shape index (κ3) is 4.09. The van der Waals surface area contributed by atoms with E-state index in [-0.39, 0.29) is 20.7 Å². The molecular formula is C16H16BrIN6O. The smallest absolute Gasteiger partial charge is 0.229 e. The molecule has 2 aromatic heterocycles. The van der Waals surface area contributed by atoms with Crippen LogP contribution in [0.4, 0.5) is 17.6 Å². The SMILES string of the molecule is COC1=CC(Nc2ncc(Br)c(Nc3cc(C4CC4)[nH]n3)n2)=CI=C1. The fourth-order valence-corrected chi connectivity index (χ4v) is 4.30. The van der Waals surface area contributed by atoms with Gasteiger partial charge in [0.1, 0.15) is 5.76 Å². The van der Waals surface area contributed by atoms with Gasteiger partial charge in [-0.05, 0) is 32.9 Å². The molecule has 9 heteroatoms. The summed E-state index contributed by atoms with van der Waals surface area (Å²) in [4.78, 5) is 8.86. The van der Waals surface area contributed by atoms with E-state index in [1.165, 1.54) is 18.5 Å². The molecule has 3 heterocycles. The quantitative estimate of drug-likeness (QED) is 0.502. The van der Waals surface area contributed by atoms with Crippen LogP contribution in [0, 0.1) is 0 Å². The van der Waals surface area contributed by atoms with Gasteiger partial charge >= 0.3 is 0 Å². The van der Waals surface area contributed by atoms with Crippen molar-refractivity contribution in [2.45, 2.75) is 18.8 Å². The highest BCUT2D eigenvalue weighted by molar-refractivity contribution is 14.2. The van der Waals surface area contributed by atoms with Crippen LogP contribution in [-0.4, -0.2) is 31.3 Å². The largest absolute Gasteiger partial charge is 0.496 e. The van der Waals surface area contributed by atoms with Crippen molar-refractivity contribution in [3.63, 3.8) is 0 Å². The minimum Gasteiger partial charge on any atom is -0.496 e. The predicted octanol–water partition coefficient (Wildman–Crippen LogP) is 4.15. The van der Waals surface area contributed by atoms with Crippen LogP contribution >= 0.6 is 36.7 Å². The Bertz CT molecular complexity index is 887. The van der Waals surface area contributed by atoms with Gasteiger partial charge in [-0.15, -0.1) is 0 Å². The van der Waals surface area contributed by atoms with E-state index in [0.717, 1.165) is 21.7 Å². The first-order valence-electron chi connectivity index (χ1n) is 7.74. The number of H-pyrrole nitrogens is 1. The van der Waals surface area contributed by atoms with Gasteiger partial charge in [-0.25, -0.2) is 4.98 Å². The summed E-state index contributed by atoms with van der Waals surface area (Å²) < 4.78 is 10.3. The van der Waals surface area contributed by atoms with E-state index in [2.05, 4.69) is 54.8 Å². The summed E-state index contributed by atoms with van der Waals surface area (Å²) in [5.74, 6) is 3.45. The molecule has 0 unspecified atom stereocenters. The first kappa shape index (κ1) is 16.7. The van der Waals surface area contributed by atoms with Crippen molar-refractivity contribution in [3.8, 4) is 0 Å². The number of aromatic nitrogens is 4. The van der Waals surface area contributed by atoms with Crippen LogP contribution < -0.4 is 10.6 Å². The maximum absolute atomic E-state index is 5.29. The maximum atomic E-state index is 5.29. The minimum absolute atomic E-state index is 0.160. The number of rotatable bonds is 6. The summed E-state index contributed by atoms with van der Waals surface area (Å²) in [6, 6.07) is 2.04. The van der Waals surface area contributed by atoms with Crippen LogP contribution in [0.15, 0.2) is 38.4 Å². The summed E-state index contributed by atoms with van der Waals surface area (Å²) in [7, 11) is 1.67. The van der Waals surface area contributed by atoms with Gasteiger partial charge in [-0.1, -0.05) is 20.7 Å². The lowest BCUT2D eigenvalue weighted by Crippen LogP contribution is -2.06. The fraction of sp³-hybridized carbons (Fsp3) is 0.250. The third-order valence-electron chi connectivity index (χ3n) is 3.75. The van der Waals surface area contributed by atoms with Gasteiger partial charge < -0.3 is 15.4 Å². The first-order valence-corrected chi connectivity index (χ1v) is 11.0. The van der Waals surface area contributed by atoms with Crippen LogP contribution in [0.2, 0.25) is 0 Å². The molecule has 0 radical (unpaired) electrons. The number of hydrogen-bond acceptors (Lipinski definition) is 6. The number of aromatic amines is 1. The molecular weight excluding hydrogens is 499 g/mol. The van der Waals surface area contributed by atoms with Crippen molar-refractivity contribution >= 4 is 58.3 Å². The van der Waals surface area contributed by atoms with Gasteiger partial charge in [0.25, 0.3) is 0 Å². The monoisotopic (exact) mass is 514 g/mol. The maximum Gasteiger partial charge on any atom is 0.229 e. The van der Waals surface area contributed by atoms with E-state index in [9.17, 15) is 0 Å². The Labute approximate surface area is 163 Å². The molecule has 3 N–H and O–H groups in total. The molecule has 0 bridgehead atoms. The molecule has 1 fully saturated rings. The zero-order valence-electron chi connectivity index (χ0n) is 13.4. The molecule has 7 nitrogen and oxygen atoms in total. The van der Waals surface area contributed by atoms with Crippen LogP contribution in [-0.2, 0) is 4.74 Å². The van der Waals surface area contributed by atoms with E-state index in [1.807, 2.05) is 12.1 Å². The summed E-state index contributed by atoms with van der Waals surface area (Å²) in [6.45, 7) is 0. The Kier molecular flexibility index (Phi) is 4.84. The molecule has 25 heavy (non-hydrogen) atoms. The molecule has 2 aliphatic rings. The van der Waals surface area contributed by atoms with Crippen molar-refractivity contribution < 1.29 is 4.74 Å². The molecule has 1 aliphatic carbocycles.